The topological polar surface area (TPSA) is 0 Å². The van der Waals surface area contributed by atoms with Crippen LogP contribution in [-0.2, 0) is 0 Å². The largest absolute Gasteiger partial charge is 0.0991 e. The lowest BCUT2D eigenvalue weighted by Gasteiger charge is -1.93. The predicted octanol–water partition coefficient (Wildman–Crippen LogP) is 5.71. The van der Waals surface area contributed by atoms with E-state index in [0.29, 0.717) is 0 Å². The molecule has 0 nitrogen and oxygen atoms in total. The molecule has 0 amide bonds. The Balaban J connectivity index is -0.000000181. The Morgan fingerprint density at radius 3 is 1.12 bits per heavy atom. The molecule has 0 N–H and O–H groups in total. The van der Waals surface area contributed by atoms with Crippen molar-refractivity contribution in [2.45, 2.75) is 41.5 Å². The molecule has 0 spiro atoms. The summed E-state index contributed by atoms with van der Waals surface area (Å²) >= 11 is 0. The van der Waals surface area contributed by atoms with Crippen molar-refractivity contribution in [3.63, 3.8) is 0 Å². The first-order valence-corrected chi connectivity index (χ1v) is 5.98. The molecule has 0 aliphatic heterocycles. The van der Waals surface area contributed by atoms with Gasteiger partial charge in [0.1, 0.15) is 0 Å². The van der Waals surface area contributed by atoms with Crippen molar-refractivity contribution < 1.29 is 0 Å². The maximum Gasteiger partial charge on any atom is -0.0395 e. The maximum absolute atomic E-state index is 3.36. The van der Waals surface area contributed by atoms with Gasteiger partial charge in [0, 0.05) is 0 Å². The minimum absolute atomic E-state index is 1.37. The van der Waals surface area contributed by atoms with Crippen LogP contribution in [0.5, 0.6) is 0 Å². The minimum Gasteiger partial charge on any atom is -0.0991 e. The zero-order chi connectivity index (χ0) is 13.4. The molecule has 0 aliphatic carbocycles. The fourth-order valence-electron chi connectivity index (χ4n) is 0.663. The summed E-state index contributed by atoms with van der Waals surface area (Å²) in [5.41, 5.74) is 2.74. The molecule has 0 unspecified atom stereocenters. The molecule has 0 aliphatic rings. The molecule has 0 heterocycles. The number of rotatable bonds is 1. The highest BCUT2D eigenvalue weighted by molar-refractivity contribution is 5.23. The van der Waals surface area contributed by atoms with E-state index in [-0.39, 0.29) is 0 Å². The standard InChI is InChI=1S/C8H10.C4H6.2C2H6/c1-7-5-3-4-6-8(7)2;1-3-4-2;2*1-2/h3-6H,1-2H3;3-4H,1-2H2;2*1-2H3. The van der Waals surface area contributed by atoms with E-state index < -0.39 is 0 Å². The highest BCUT2D eigenvalue weighted by atomic mass is 13.9. The maximum atomic E-state index is 3.36. The summed E-state index contributed by atoms with van der Waals surface area (Å²) in [6.45, 7) is 19.0. The molecular weight excluding hydrogens is 192 g/mol. The number of hydrogen-bond acceptors (Lipinski definition) is 0. The lowest BCUT2D eigenvalue weighted by molar-refractivity contribution is 1.34. The highest BCUT2D eigenvalue weighted by Crippen LogP contribution is 2.02. The van der Waals surface area contributed by atoms with Crippen molar-refractivity contribution >= 4 is 0 Å². The molecule has 0 bridgehead atoms. The van der Waals surface area contributed by atoms with Gasteiger partial charge in [-0.15, -0.1) is 0 Å². The van der Waals surface area contributed by atoms with E-state index in [9.17, 15) is 0 Å². The second kappa shape index (κ2) is 19.3. The zero-order valence-corrected chi connectivity index (χ0v) is 11.9. The van der Waals surface area contributed by atoms with Gasteiger partial charge < -0.3 is 0 Å². The smallest absolute Gasteiger partial charge is 0.0395 e. The second-order valence-electron chi connectivity index (χ2n) is 2.56. The van der Waals surface area contributed by atoms with Gasteiger partial charge in [0.15, 0.2) is 0 Å². The average Bonchev–Trinajstić information content (AvgIpc) is 2.38. The van der Waals surface area contributed by atoms with Gasteiger partial charge in [0.05, 0.1) is 0 Å². The Kier molecular flexibility index (Phi) is 24.3. The van der Waals surface area contributed by atoms with Gasteiger partial charge in [-0.3, -0.25) is 0 Å². The van der Waals surface area contributed by atoms with Gasteiger partial charge in [-0.05, 0) is 25.0 Å². The van der Waals surface area contributed by atoms with Crippen molar-refractivity contribution in [1.29, 1.82) is 0 Å². The van der Waals surface area contributed by atoms with Gasteiger partial charge in [-0.25, -0.2) is 0 Å². The van der Waals surface area contributed by atoms with E-state index >= 15 is 0 Å². The quantitative estimate of drug-likeness (QED) is 0.531. The highest BCUT2D eigenvalue weighted by Gasteiger charge is 1.83. The van der Waals surface area contributed by atoms with Crippen molar-refractivity contribution in [2.75, 3.05) is 0 Å². The monoisotopic (exact) mass is 220 g/mol. The predicted molar refractivity (Wildman–Crippen MR) is 79.0 cm³/mol. The third-order valence-corrected chi connectivity index (χ3v) is 1.59. The molecule has 0 fully saturated rings. The van der Waals surface area contributed by atoms with Crippen LogP contribution in [0.4, 0.5) is 0 Å². The first-order chi connectivity index (χ1) is 7.72. The fourth-order valence-corrected chi connectivity index (χ4v) is 0.663. The zero-order valence-electron chi connectivity index (χ0n) is 11.9. The van der Waals surface area contributed by atoms with Gasteiger partial charge in [0.2, 0.25) is 0 Å². The molecule has 0 saturated heterocycles. The Morgan fingerprint density at radius 2 is 1.00 bits per heavy atom. The van der Waals surface area contributed by atoms with Crippen LogP contribution < -0.4 is 0 Å². The van der Waals surface area contributed by atoms with Gasteiger partial charge in [-0.1, -0.05) is 77.3 Å². The van der Waals surface area contributed by atoms with E-state index in [0.717, 1.165) is 0 Å². The molecule has 0 heteroatoms. The number of hydrogen-bond donors (Lipinski definition) is 0. The first kappa shape index (κ1) is 20.2. The van der Waals surface area contributed by atoms with E-state index in [1.165, 1.54) is 11.1 Å². The lowest BCUT2D eigenvalue weighted by atomic mass is 10.1. The van der Waals surface area contributed by atoms with Crippen LogP contribution in [0.25, 0.3) is 0 Å². The molecule has 0 saturated carbocycles. The summed E-state index contributed by atoms with van der Waals surface area (Å²) in [7, 11) is 0. The van der Waals surface area contributed by atoms with Crippen LogP contribution in [0.3, 0.4) is 0 Å². The van der Waals surface area contributed by atoms with Crippen LogP contribution in [-0.4, -0.2) is 0 Å². The summed E-state index contributed by atoms with van der Waals surface area (Å²) in [6.07, 6.45) is 3.28. The lowest BCUT2D eigenvalue weighted by Crippen LogP contribution is -1.74. The Bertz CT molecular complexity index is 219. The van der Waals surface area contributed by atoms with Crippen LogP contribution in [0.2, 0.25) is 0 Å². The molecule has 0 atom stereocenters. The van der Waals surface area contributed by atoms with Crippen LogP contribution in [0, 0.1) is 13.8 Å². The van der Waals surface area contributed by atoms with Crippen molar-refractivity contribution in [3.8, 4) is 0 Å². The molecule has 16 heavy (non-hydrogen) atoms. The SMILES string of the molecule is C=CC=C.CC.CC.Cc1ccccc1C. The summed E-state index contributed by atoms with van der Waals surface area (Å²) in [6, 6.07) is 8.36. The number of allylic oxidation sites excluding steroid dienone is 2. The average molecular weight is 220 g/mol. The van der Waals surface area contributed by atoms with Crippen molar-refractivity contribution in [2.24, 2.45) is 0 Å². The van der Waals surface area contributed by atoms with E-state index in [1.807, 2.05) is 27.7 Å². The van der Waals surface area contributed by atoms with Crippen LogP contribution in [0.15, 0.2) is 49.6 Å². The van der Waals surface area contributed by atoms with Crippen molar-refractivity contribution in [3.05, 3.63) is 60.7 Å². The summed E-state index contributed by atoms with van der Waals surface area (Å²) in [5, 5.41) is 0. The molecule has 0 radical (unpaired) electrons. The molecular formula is C16H28. The molecule has 0 aromatic heterocycles. The van der Waals surface area contributed by atoms with Crippen LogP contribution in [0.1, 0.15) is 38.8 Å². The number of benzene rings is 1. The minimum atomic E-state index is 1.37. The van der Waals surface area contributed by atoms with E-state index in [2.05, 4.69) is 51.3 Å². The van der Waals surface area contributed by atoms with Gasteiger partial charge in [0.25, 0.3) is 0 Å². The van der Waals surface area contributed by atoms with Gasteiger partial charge >= 0.3 is 0 Å². The third kappa shape index (κ3) is 15.2. The summed E-state index contributed by atoms with van der Waals surface area (Å²) in [4.78, 5) is 0. The van der Waals surface area contributed by atoms with Crippen molar-refractivity contribution in [1.82, 2.24) is 0 Å². The Morgan fingerprint density at radius 1 is 0.750 bits per heavy atom. The van der Waals surface area contributed by atoms with Crippen LogP contribution >= 0.6 is 0 Å². The second-order valence-corrected chi connectivity index (χ2v) is 2.56. The van der Waals surface area contributed by atoms with Gasteiger partial charge in [-0.2, -0.15) is 0 Å². The van der Waals surface area contributed by atoms with E-state index in [1.54, 1.807) is 12.2 Å². The Labute approximate surface area is 103 Å². The molecule has 1 rings (SSSR count). The summed E-state index contributed by atoms with van der Waals surface area (Å²) < 4.78 is 0. The summed E-state index contributed by atoms with van der Waals surface area (Å²) in [5.74, 6) is 0. The Hall–Kier alpha value is -1.30. The molecule has 1 aromatic carbocycles. The number of aryl methyl sites for hydroxylation is 2. The normalized spacial score (nSPS) is 6.62. The third-order valence-electron chi connectivity index (χ3n) is 1.59. The van der Waals surface area contributed by atoms with E-state index in [4.69, 9.17) is 0 Å². The molecule has 1 aromatic rings. The first-order valence-electron chi connectivity index (χ1n) is 5.98. The molecule has 92 valence electrons. The fraction of sp³-hybridized carbons (Fsp3) is 0.375.